The van der Waals surface area contributed by atoms with Crippen molar-refractivity contribution in [2.45, 2.75) is 50.0 Å². The average Bonchev–Trinajstić information content (AvgIpc) is 2.79. The van der Waals surface area contributed by atoms with Crippen LogP contribution >= 0.6 is 0 Å². The van der Waals surface area contributed by atoms with Crippen LogP contribution in [0.25, 0.3) is 0 Å². The Balaban J connectivity index is 1.52. The highest BCUT2D eigenvalue weighted by Gasteiger charge is 2.67. The van der Waals surface area contributed by atoms with Gasteiger partial charge >= 0.3 is 5.97 Å². The van der Waals surface area contributed by atoms with E-state index in [1.807, 2.05) is 0 Å². The van der Waals surface area contributed by atoms with E-state index in [2.05, 4.69) is 15.5 Å². The number of fused-ring (bicyclic) bond motifs is 5. The third-order valence-electron chi connectivity index (χ3n) is 6.51. The normalized spacial score (nSPS) is 43.1. The molecule has 1 aromatic rings. The van der Waals surface area contributed by atoms with Gasteiger partial charge in [-0.1, -0.05) is 0 Å². The quantitative estimate of drug-likeness (QED) is 0.901. The molecule has 0 aromatic carbocycles. The van der Waals surface area contributed by atoms with Crippen LogP contribution in [0, 0.1) is 23.7 Å². The Bertz CT molecular complexity index is 578. The predicted molar refractivity (Wildman–Crippen MR) is 67.8 cm³/mol. The van der Waals surface area contributed by atoms with Crippen LogP contribution < -0.4 is 0 Å². The lowest BCUT2D eigenvalue weighted by Gasteiger charge is -2.37. The number of carboxylic acid groups (broad SMARTS) is 1. The molecule has 0 radical (unpaired) electrons. The van der Waals surface area contributed by atoms with Crippen molar-refractivity contribution in [1.82, 2.24) is 20.2 Å². The molecule has 1 aromatic heterocycles. The Morgan fingerprint density at radius 1 is 1.25 bits per heavy atom. The standard InChI is InChI=1S/C14H18N4O2/c19-13(20)14(4-1-5-14)18-12(15-16-17-18)11-9-7-2-3-8(6-7)10(9)11/h7-11H,1-6H2,(H,19,20). The van der Waals surface area contributed by atoms with Gasteiger partial charge in [0.05, 0.1) is 0 Å². The lowest BCUT2D eigenvalue weighted by molar-refractivity contribution is -0.153. The summed E-state index contributed by atoms with van der Waals surface area (Å²) < 4.78 is 1.67. The van der Waals surface area contributed by atoms with Crippen LogP contribution in [0.15, 0.2) is 0 Å². The molecule has 0 spiro atoms. The van der Waals surface area contributed by atoms with Gasteiger partial charge in [-0.15, -0.1) is 5.10 Å². The fraction of sp³-hybridized carbons (Fsp3) is 0.857. The van der Waals surface area contributed by atoms with E-state index >= 15 is 0 Å². The molecule has 106 valence electrons. The highest BCUT2D eigenvalue weighted by atomic mass is 16.4. The van der Waals surface area contributed by atoms with Crippen molar-refractivity contribution in [1.29, 1.82) is 0 Å². The molecule has 20 heavy (non-hydrogen) atoms. The second kappa shape index (κ2) is 3.40. The van der Waals surface area contributed by atoms with Crippen LogP contribution in [0.3, 0.4) is 0 Å². The molecule has 1 heterocycles. The van der Waals surface area contributed by atoms with E-state index in [1.54, 1.807) is 4.68 Å². The summed E-state index contributed by atoms with van der Waals surface area (Å²) in [5.41, 5.74) is -0.852. The molecular formula is C14H18N4O2. The molecule has 0 saturated heterocycles. The zero-order chi connectivity index (χ0) is 13.5. The molecule has 6 heteroatoms. The summed E-state index contributed by atoms with van der Waals surface area (Å²) in [5.74, 6) is 3.70. The van der Waals surface area contributed by atoms with Crippen LogP contribution in [-0.4, -0.2) is 31.3 Å². The van der Waals surface area contributed by atoms with Crippen molar-refractivity contribution in [3.8, 4) is 0 Å². The molecule has 4 aliphatic rings. The Morgan fingerprint density at radius 2 is 1.95 bits per heavy atom. The smallest absolute Gasteiger partial charge is 0.331 e. The zero-order valence-corrected chi connectivity index (χ0v) is 11.3. The number of hydrogen-bond donors (Lipinski definition) is 1. The topological polar surface area (TPSA) is 80.9 Å². The predicted octanol–water partition coefficient (Wildman–Crippen LogP) is 1.40. The van der Waals surface area contributed by atoms with Crippen molar-refractivity contribution in [2.24, 2.45) is 23.7 Å². The van der Waals surface area contributed by atoms with Gasteiger partial charge in [-0.2, -0.15) is 0 Å². The van der Waals surface area contributed by atoms with Gasteiger partial charge in [0.2, 0.25) is 0 Å². The van der Waals surface area contributed by atoms with Gasteiger partial charge in [-0.3, -0.25) is 0 Å². The second-order valence-corrected chi connectivity index (χ2v) is 7.15. The molecule has 4 atom stereocenters. The summed E-state index contributed by atoms with van der Waals surface area (Å²) >= 11 is 0. The van der Waals surface area contributed by atoms with Crippen molar-refractivity contribution in [3.05, 3.63) is 5.82 Å². The molecular weight excluding hydrogens is 256 g/mol. The Morgan fingerprint density at radius 3 is 2.50 bits per heavy atom. The largest absolute Gasteiger partial charge is 0.479 e. The maximum absolute atomic E-state index is 11.7. The molecule has 4 saturated carbocycles. The zero-order valence-electron chi connectivity index (χ0n) is 11.3. The molecule has 2 bridgehead atoms. The summed E-state index contributed by atoms with van der Waals surface area (Å²) in [4.78, 5) is 11.7. The first kappa shape index (κ1) is 11.2. The molecule has 0 aliphatic heterocycles. The summed E-state index contributed by atoms with van der Waals surface area (Å²) in [7, 11) is 0. The highest BCUT2D eigenvalue weighted by molar-refractivity contribution is 5.77. The number of rotatable bonds is 3. The molecule has 0 amide bonds. The summed E-state index contributed by atoms with van der Waals surface area (Å²) in [6.07, 6.45) is 6.37. The Hall–Kier alpha value is -1.46. The fourth-order valence-corrected chi connectivity index (χ4v) is 5.40. The van der Waals surface area contributed by atoms with Gasteiger partial charge < -0.3 is 5.11 Å². The molecule has 4 unspecified atom stereocenters. The maximum Gasteiger partial charge on any atom is 0.331 e. The first-order valence-electron chi connectivity index (χ1n) is 7.74. The maximum atomic E-state index is 11.7. The number of aromatic nitrogens is 4. The molecule has 4 fully saturated rings. The number of carboxylic acids is 1. The first-order valence-corrected chi connectivity index (χ1v) is 7.74. The number of tetrazole rings is 1. The van der Waals surface area contributed by atoms with E-state index in [-0.39, 0.29) is 0 Å². The lowest BCUT2D eigenvalue weighted by atomic mass is 9.76. The van der Waals surface area contributed by atoms with Crippen molar-refractivity contribution in [3.63, 3.8) is 0 Å². The van der Waals surface area contributed by atoms with Gasteiger partial charge in [0.15, 0.2) is 11.4 Å². The van der Waals surface area contributed by atoms with E-state index in [0.29, 0.717) is 18.8 Å². The van der Waals surface area contributed by atoms with Crippen LogP contribution in [-0.2, 0) is 10.3 Å². The summed E-state index contributed by atoms with van der Waals surface area (Å²) in [5, 5.41) is 21.7. The Kier molecular flexibility index (Phi) is 1.91. The first-order chi connectivity index (χ1) is 9.72. The Labute approximate surface area is 116 Å². The lowest BCUT2D eigenvalue weighted by Crippen LogP contribution is -2.49. The van der Waals surface area contributed by atoms with E-state index < -0.39 is 11.5 Å². The van der Waals surface area contributed by atoms with Crippen LogP contribution in [0.2, 0.25) is 0 Å². The monoisotopic (exact) mass is 274 g/mol. The van der Waals surface area contributed by atoms with Crippen LogP contribution in [0.5, 0.6) is 0 Å². The van der Waals surface area contributed by atoms with E-state index in [0.717, 1.165) is 35.9 Å². The number of aliphatic carboxylic acids is 1. The minimum Gasteiger partial charge on any atom is -0.479 e. The number of hydrogen-bond acceptors (Lipinski definition) is 4. The van der Waals surface area contributed by atoms with Crippen molar-refractivity contribution < 1.29 is 9.90 Å². The molecule has 6 nitrogen and oxygen atoms in total. The average molecular weight is 274 g/mol. The highest BCUT2D eigenvalue weighted by Crippen LogP contribution is 2.73. The molecule has 5 rings (SSSR count). The van der Waals surface area contributed by atoms with Gasteiger partial charge in [0.1, 0.15) is 0 Å². The molecule has 4 aliphatic carbocycles. The SMILES string of the molecule is O=C(O)C1(n2nnnc2C2C3C4CCC(C4)C23)CCC1. The summed E-state index contributed by atoms with van der Waals surface area (Å²) in [6.45, 7) is 0. The van der Waals surface area contributed by atoms with Gasteiger partial charge in [-0.25, -0.2) is 9.48 Å². The summed E-state index contributed by atoms with van der Waals surface area (Å²) in [6, 6.07) is 0. The van der Waals surface area contributed by atoms with E-state index in [4.69, 9.17) is 0 Å². The van der Waals surface area contributed by atoms with Gasteiger partial charge in [-0.05, 0) is 72.6 Å². The third kappa shape index (κ3) is 1.13. The second-order valence-electron chi connectivity index (χ2n) is 7.15. The van der Waals surface area contributed by atoms with E-state index in [1.165, 1.54) is 19.3 Å². The van der Waals surface area contributed by atoms with Gasteiger partial charge in [0.25, 0.3) is 0 Å². The van der Waals surface area contributed by atoms with E-state index in [9.17, 15) is 9.90 Å². The van der Waals surface area contributed by atoms with Crippen LogP contribution in [0.1, 0.15) is 50.3 Å². The van der Waals surface area contributed by atoms with Crippen molar-refractivity contribution in [2.75, 3.05) is 0 Å². The fourth-order valence-electron chi connectivity index (χ4n) is 5.40. The number of nitrogens with zero attached hydrogens (tertiary/aromatic N) is 4. The van der Waals surface area contributed by atoms with Crippen LogP contribution in [0.4, 0.5) is 0 Å². The number of carbonyl (C=O) groups is 1. The minimum absolute atomic E-state index is 0.438. The third-order valence-corrected chi connectivity index (χ3v) is 6.51. The van der Waals surface area contributed by atoms with Gasteiger partial charge in [0, 0.05) is 5.92 Å². The minimum atomic E-state index is -0.852. The van der Waals surface area contributed by atoms with Crippen molar-refractivity contribution >= 4 is 5.97 Å². The molecule has 1 N–H and O–H groups in total.